The molecule has 0 saturated heterocycles. The van der Waals surface area contributed by atoms with E-state index in [1.807, 2.05) is 42.5 Å². The SMILES string of the molecule is O=C(CCNS(=O)(=O)c1ccc(Cl)cc1)Nc1ccc(Nc2ccccc2)cc1. The van der Waals surface area contributed by atoms with E-state index in [0.717, 1.165) is 11.4 Å². The number of hydrogen-bond donors (Lipinski definition) is 3. The van der Waals surface area contributed by atoms with Crippen molar-refractivity contribution in [3.05, 3.63) is 83.9 Å². The van der Waals surface area contributed by atoms with Gasteiger partial charge in [0.25, 0.3) is 0 Å². The number of rotatable bonds is 8. The second-order valence-corrected chi connectivity index (χ2v) is 8.42. The number of sulfonamides is 1. The fourth-order valence-corrected chi connectivity index (χ4v) is 3.70. The summed E-state index contributed by atoms with van der Waals surface area (Å²) in [7, 11) is -3.68. The zero-order valence-corrected chi connectivity index (χ0v) is 17.0. The van der Waals surface area contributed by atoms with Crippen LogP contribution in [-0.2, 0) is 14.8 Å². The van der Waals surface area contributed by atoms with Gasteiger partial charge >= 0.3 is 0 Å². The molecule has 3 aromatic carbocycles. The van der Waals surface area contributed by atoms with E-state index in [-0.39, 0.29) is 23.8 Å². The third kappa shape index (κ3) is 6.32. The number of carbonyl (C=O) groups is 1. The summed E-state index contributed by atoms with van der Waals surface area (Å²) in [5, 5.41) is 6.46. The largest absolute Gasteiger partial charge is 0.356 e. The molecular weight excluding hydrogens is 410 g/mol. The number of hydrogen-bond acceptors (Lipinski definition) is 4. The minimum atomic E-state index is -3.68. The zero-order chi connectivity index (χ0) is 20.7. The van der Waals surface area contributed by atoms with Gasteiger partial charge in [0.1, 0.15) is 0 Å². The number of para-hydroxylation sites is 1. The van der Waals surface area contributed by atoms with Crippen LogP contribution in [0.1, 0.15) is 6.42 Å². The average Bonchev–Trinajstić information content (AvgIpc) is 2.70. The van der Waals surface area contributed by atoms with E-state index < -0.39 is 10.0 Å². The Morgan fingerprint density at radius 2 is 1.38 bits per heavy atom. The van der Waals surface area contributed by atoms with Gasteiger partial charge in [0.05, 0.1) is 4.90 Å². The van der Waals surface area contributed by atoms with Gasteiger partial charge < -0.3 is 10.6 Å². The molecule has 0 bridgehead atoms. The summed E-state index contributed by atoms with van der Waals surface area (Å²) in [5.41, 5.74) is 2.50. The first-order valence-corrected chi connectivity index (χ1v) is 10.8. The molecule has 8 heteroatoms. The Morgan fingerprint density at radius 1 is 0.793 bits per heavy atom. The van der Waals surface area contributed by atoms with Crippen LogP contribution in [0, 0.1) is 0 Å². The Hall–Kier alpha value is -2.87. The van der Waals surface area contributed by atoms with Crippen molar-refractivity contribution in [3.8, 4) is 0 Å². The molecule has 0 aliphatic rings. The highest BCUT2D eigenvalue weighted by Crippen LogP contribution is 2.19. The fraction of sp³-hybridized carbons (Fsp3) is 0.0952. The molecule has 6 nitrogen and oxygen atoms in total. The fourth-order valence-electron chi connectivity index (χ4n) is 2.54. The van der Waals surface area contributed by atoms with E-state index in [9.17, 15) is 13.2 Å². The summed E-state index contributed by atoms with van der Waals surface area (Å²) in [6.07, 6.45) is 0.0108. The molecule has 0 aromatic heterocycles. The normalized spacial score (nSPS) is 11.1. The number of anilines is 3. The maximum absolute atomic E-state index is 12.2. The lowest BCUT2D eigenvalue weighted by Gasteiger charge is -2.09. The van der Waals surface area contributed by atoms with Crippen molar-refractivity contribution in [2.75, 3.05) is 17.2 Å². The minimum absolute atomic E-state index is 0.00948. The van der Waals surface area contributed by atoms with Gasteiger partial charge in [0, 0.05) is 35.1 Å². The van der Waals surface area contributed by atoms with Crippen molar-refractivity contribution >= 4 is 44.6 Å². The molecule has 0 saturated carbocycles. The van der Waals surface area contributed by atoms with Crippen LogP contribution in [-0.4, -0.2) is 20.9 Å². The highest BCUT2D eigenvalue weighted by Gasteiger charge is 2.14. The smallest absolute Gasteiger partial charge is 0.240 e. The number of halogens is 1. The average molecular weight is 430 g/mol. The van der Waals surface area contributed by atoms with Gasteiger partial charge in [-0.3, -0.25) is 4.79 Å². The highest BCUT2D eigenvalue weighted by atomic mass is 35.5. The van der Waals surface area contributed by atoms with Crippen LogP contribution in [0.3, 0.4) is 0 Å². The molecule has 0 aliphatic carbocycles. The Labute approximate surface area is 175 Å². The van der Waals surface area contributed by atoms with Crippen molar-refractivity contribution in [3.63, 3.8) is 0 Å². The van der Waals surface area contributed by atoms with Gasteiger partial charge in [-0.2, -0.15) is 0 Å². The summed E-state index contributed by atoms with van der Waals surface area (Å²) in [6.45, 7) is -0.00948. The third-order valence-corrected chi connectivity index (χ3v) is 5.73. The van der Waals surface area contributed by atoms with E-state index >= 15 is 0 Å². The molecule has 0 aliphatic heterocycles. The molecule has 3 N–H and O–H groups in total. The van der Waals surface area contributed by atoms with Crippen LogP contribution < -0.4 is 15.4 Å². The molecule has 0 unspecified atom stereocenters. The van der Waals surface area contributed by atoms with Gasteiger partial charge in [0.2, 0.25) is 15.9 Å². The molecule has 150 valence electrons. The van der Waals surface area contributed by atoms with E-state index in [0.29, 0.717) is 10.7 Å². The standard InChI is InChI=1S/C21H20ClN3O3S/c22-16-6-12-20(13-7-16)29(27,28)23-15-14-21(26)25-19-10-8-18(9-11-19)24-17-4-2-1-3-5-17/h1-13,23-24H,14-15H2,(H,25,26). The summed E-state index contributed by atoms with van der Waals surface area (Å²) in [4.78, 5) is 12.2. The van der Waals surface area contributed by atoms with Crippen molar-refractivity contribution in [1.29, 1.82) is 0 Å². The molecule has 3 aromatic rings. The van der Waals surface area contributed by atoms with Gasteiger partial charge in [0.15, 0.2) is 0 Å². The Morgan fingerprint density at radius 3 is 2.03 bits per heavy atom. The van der Waals surface area contributed by atoms with Gasteiger partial charge in [-0.15, -0.1) is 0 Å². The molecule has 1 amide bonds. The summed E-state index contributed by atoms with van der Waals surface area (Å²) < 4.78 is 26.8. The predicted octanol–water partition coefficient (Wildman–Crippen LogP) is 4.39. The van der Waals surface area contributed by atoms with Crippen LogP contribution in [0.5, 0.6) is 0 Å². The first kappa shape index (κ1) is 20.9. The predicted molar refractivity (Wildman–Crippen MR) is 116 cm³/mol. The molecule has 3 rings (SSSR count). The molecule has 0 atom stereocenters. The van der Waals surface area contributed by atoms with Crippen LogP contribution in [0.4, 0.5) is 17.1 Å². The third-order valence-electron chi connectivity index (χ3n) is 4.00. The molecule has 0 radical (unpaired) electrons. The number of nitrogens with one attached hydrogen (secondary N) is 3. The zero-order valence-electron chi connectivity index (χ0n) is 15.4. The van der Waals surface area contributed by atoms with E-state index in [1.54, 1.807) is 12.1 Å². The van der Waals surface area contributed by atoms with Gasteiger partial charge in [-0.1, -0.05) is 29.8 Å². The van der Waals surface area contributed by atoms with Crippen LogP contribution in [0.25, 0.3) is 0 Å². The second-order valence-electron chi connectivity index (χ2n) is 6.22. The lowest BCUT2D eigenvalue weighted by Crippen LogP contribution is -2.27. The number of amides is 1. The molecule has 0 heterocycles. The molecule has 0 fully saturated rings. The van der Waals surface area contributed by atoms with Crippen molar-refractivity contribution in [2.24, 2.45) is 0 Å². The van der Waals surface area contributed by atoms with Crippen molar-refractivity contribution in [1.82, 2.24) is 4.72 Å². The van der Waals surface area contributed by atoms with E-state index in [1.165, 1.54) is 24.3 Å². The second kappa shape index (κ2) is 9.56. The molecule has 29 heavy (non-hydrogen) atoms. The van der Waals surface area contributed by atoms with E-state index in [2.05, 4.69) is 15.4 Å². The summed E-state index contributed by atoms with van der Waals surface area (Å²) in [6, 6.07) is 22.8. The summed E-state index contributed by atoms with van der Waals surface area (Å²) >= 11 is 5.76. The topological polar surface area (TPSA) is 87.3 Å². The Kier molecular flexibility index (Phi) is 6.87. The Balaban J connectivity index is 1.47. The quantitative estimate of drug-likeness (QED) is 0.495. The molecular formula is C21H20ClN3O3S. The monoisotopic (exact) mass is 429 g/mol. The lowest BCUT2D eigenvalue weighted by atomic mass is 10.2. The lowest BCUT2D eigenvalue weighted by molar-refractivity contribution is -0.116. The first-order valence-electron chi connectivity index (χ1n) is 8.90. The summed E-state index contributed by atoms with van der Waals surface area (Å²) in [5.74, 6) is -0.285. The van der Waals surface area contributed by atoms with Crippen LogP contribution in [0.15, 0.2) is 83.8 Å². The molecule has 0 spiro atoms. The first-order chi connectivity index (χ1) is 13.9. The maximum Gasteiger partial charge on any atom is 0.240 e. The van der Waals surface area contributed by atoms with Crippen LogP contribution >= 0.6 is 11.6 Å². The van der Waals surface area contributed by atoms with Crippen molar-refractivity contribution in [2.45, 2.75) is 11.3 Å². The van der Waals surface area contributed by atoms with Crippen molar-refractivity contribution < 1.29 is 13.2 Å². The number of benzene rings is 3. The minimum Gasteiger partial charge on any atom is -0.356 e. The van der Waals surface area contributed by atoms with Gasteiger partial charge in [-0.05, 0) is 60.7 Å². The Bertz CT molecular complexity index is 1050. The van der Waals surface area contributed by atoms with E-state index in [4.69, 9.17) is 11.6 Å². The number of carbonyl (C=O) groups excluding carboxylic acids is 1. The highest BCUT2D eigenvalue weighted by molar-refractivity contribution is 7.89. The maximum atomic E-state index is 12.2. The van der Waals surface area contributed by atoms with Crippen LogP contribution in [0.2, 0.25) is 5.02 Å². The van der Waals surface area contributed by atoms with Gasteiger partial charge in [-0.25, -0.2) is 13.1 Å².